The monoisotopic (exact) mass is 414 g/mol. The van der Waals surface area contributed by atoms with Gasteiger partial charge in [-0.1, -0.05) is 6.07 Å². The fraction of sp³-hybridized carbons (Fsp3) is 0.409. The van der Waals surface area contributed by atoms with Gasteiger partial charge in [0.25, 0.3) is 0 Å². The number of ketones is 1. The highest BCUT2D eigenvalue weighted by Crippen LogP contribution is 2.43. The lowest BCUT2D eigenvalue weighted by Crippen LogP contribution is -2.30. The highest BCUT2D eigenvalue weighted by Gasteiger charge is 2.45. The number of allylic oxidation sites excluding steroid dienone is 2. The first-order chi connectivity index (χ1) is 13.9. The molecule has 0 aromatic heterocycles. The number of aliphatic hydroxyl groups is 1. The van der Waals surface area contributed by atoms with E-state index in [2.05, 4.69) is 24.1 Å². The molecule has 0 saturated carbocycles. The highest BCUT2D eigenvalue weighted by molar-refractivity contribution is 8.18. The van der Waals surface area contributed by atoms with E-state index in [1.54, 1.807) is 0 Å². The molecule has 1 fully saturated rings. The third kappa shape index (κ3) is 3.59. The number of anilines is 1. The largest absolute Gasteiger partial charge is 0.506 e. The second kappa shape index (κ2) is 8.45. The van der Waals surface area contributed by atoms with E-state index >= 15 is 0 Å². The van der Waals surface area contributed by atoms with Crippen molar-refractivity contribution in [3.8, 4) is 0 Å². The zero-order chi connectivity index (χ0) is 21.3. The van der Waals surface area contributed by atoms with E-state index in [9.17, 15) is 14.7 Å². The van der Waals surface area contributed by atoms with Gasteiger partial charge in [-0.2, -0.15) is 5.32 Å². The number of Topliss-reactive ketones (excluding diaryl/α,β-unsaturated/α-hetero) is 1. The van der Waals surface area contributed by atoms with E-state index in [0.717, 1.165) is 37.4 Å². The molecule has 0 spiro atoms. The van der Waals surface area contributed by atoms with Crippen molar-refractivity contribution in [3.63, 3.8) is 0 Å². The summed E-state index contributed by atoms with van der Waals surface area (Å²) in [4.78, 5) is 27.8. The van der Waals surface area contributed by atoms with Crippen molar-refractivity contribution in [3.05, 3.63) is 45.6 Å². The Bertz CT molecular complexity index is 966. The molecule has 3 rings (SSSR count). The van der Waals surface area contributed by atoms with Crippen LogP contribution in [0.1, 0.15) is 38.8 Å². The van der Waals surface area contributed by atoms with E-state index in [4.69, 9.17) is 0 Å². The fourth-order valence-corrected chi connectivity index (χ4v) is 4.88. The van der Waals surface area contributed by atoms with Crippen molar-refractivity contribution in [2.45, 2.75) is 34.6 Å². The molecular weight excluding hydrogens is 386 g/mol. The molecule has 2 aliphatic rings. The number of carbonyl (C=O) groups is 2. The number of hydrogen-bond acceptors (Lipinski definition) is 5. The van der Waals surface area contributed by atoms with E-state index < -0.39 is 0 Å². The van der Waals surface area contributed by atoms with Crippen molar-refractivity contribution in [2.75, 3.05) is 31.1 Å². The van der Waals surface area contributed by atoms with Gasteiger partial charge in [-0.15, -0.1) is 0 Å². The van der Waals surface area contributed by atoms with Crippen LogP contribution in [0.2, 0.25) is 0 Å². The third-order valence-corrected chi connectivity index (χ3v) is 6.59. The second-order valence-electron chi connectivity index (χ2n) is 6.96. The maximum absolute atomic E-state index is 12.9. The molecular formula is C22H28N3O3S+. The van der Waals surface area contributed by atoms with Gasteiger partial charge in [0, 0.05) is 30.5 Å². The van der Waals surface area contributed by atoms with Gasteiger partial charge in [-0.05, 0) is 57.9 Å². The van der Waals surface area contributed by atoms with Crippen LogP contribution in [-0.4, -0.2) is 52.7 Å². The number of amides is 1. The fourth-order valence-electron chi connectivity index (χ4n) is 3.72. The molecule has 0 unspecified atom stereocenters. The van der Waals surface area contributed by atoms with Crippen molar-refractivity contribution < 1.29 is 19.3 Å². The first-order valence-corrected chi connectivity index (χ1v) is 10.9. The van der Waals surface area contributed by atoms with Gasteiger partial charge in [0.2, 0.25) is 5.78 Å². The van der Waals surface area contributed by atoms with Crippen LogP contribution in [0.3, 0.4) is 0 Å². The quantitative estimate of drug-likeness (QED) is 0.552. The van der Waals surface area contributed by atoms with Crippen molar-refractivity contribution in [1.82, 2.24) is 5.32 Å². The summed E-state index contributed by atoms with van der Waals surface area (Å²) in [5.74, 6) is -0.703. The molecule has 1 aromatic rings. The van der Waals surface area contributed by atoms with Crippen LogP contribution in [0.15, 0.2) is 34.4 Å². The predicted octanol–water partition coefficient (Wildman–Crippen LogP) is 3.22. The third-order valence-electron chi connectivity index (χ3n) is 5.44. The minimum atomic E-state index is -0.334. The molecule has 1 saturated heterocycles. The number of nitrogens with zero attached hydrogens (tertiary/aromatic N) is 2. The molecule has 1 amide bonds. The van der Waals surface area contributed by atoms with Gasteiger partial charge in [-0.25, -0.2) is 4.79 Å². The second-order valence-corrected chi connectivity index (χ2v) is 7.96. The average molecular weight is 415 g/mol. The maximum Gasteiger partial charge on any atom is 0.347 e. The smallest absolute Gasteiger partial charge is 0.347 e. The number of thioether (sulfide) groups is 1. The Hall–Kier alpha value is -2.54. The molecule has 1 aromatic carbocycles. The molecule has 1 aliphatic carbocycles. The predicted molar refractivity (Wildman–Crippen MR) is 118 cm³/mol. The summed E-state index contributed by atoms with van der Waals surface area (Å²) >= 11 is 1.22. The molecule has 2 N–H and O–H groups in total. The first-order valence-electron chi connectivity index (χ1n) is 10.1. The summed E-state index contributed by atoms with van der Waals surface area (Å²) in [7, 11) is 0. The van der Waals surface area contributed by atoms with E-state index in [1.165, 1.54) is 11.8 Å². The summed E-state index contributed by atoms with van der Waals surface area (Å²) in [5, 5.41) is 14.2. The zero-order valence-electron chi connectivity index (χ0n) is 17.6. The number of nitrogens with one attached hydrogen (secondary N) is 1. The lowest BCUT2D eigenvalue weighted by atomic mass is 9.81. The van der Waals surface area contributed by atoms with Crippen LogP contribution in [0.5, 0.6) is 0 Å². The molecule has 1 heterocycles. The number of aliphatic hydroxyl groups excluding tert-OH is 1. The van der Waals surface area contributed by atoms with Gasteiger partial charge in [0.05, 0.1) is 24.2 Å². The number of hydrogen-bond donors (Lipinski definition) is 2. The SMILES string of the molecule is CCN(CC)c1ccc(C2=C(O)C(=C3SC(=[N+](CC)CC)NC3=O)C2=O)c(C)c1. The Morgan fingerprint density at radius 1 is 1.07 bits per heavy atom. The normalized spacial score (nSPS) is 18.9. The van der Waals surface area contributed by atoms with Crippen LogP contribution in [0.4, 0.5) is 5.69 Å². The number of amidine groups is 1. The van der Waals surface area contributed by atoms with Crippen LogP contribution < -0.4 is 10.2 Å². The lowest BCUT2D eigenvalue weighted by molar-refractivity contribution is -0.519. The Balaban J connectivity index is 1.99. The topological polar surface area (TPSA) is 72.7 Å². The van der Waals surface area contributed by atoms with Crippen LogP contribution >= 0.6 is 11.8 Å². The lowest BCUT2D eigenvalue weighted by Gasteiger charge is -2.25. The molecule has 0 radical (unpaired) electrons. The summed E-state index contributed by atoms with van der Waals surface area (Å²) < 4.78 is 2.01. The summed E-state index contributed by atoms with van der Waals surface area (Å²) in [6.45, 7) is 13.4. The van der Waals surface area contributed by atoms with Crippen molar-refractivity contribution in [1.29, 1.82) is 0 Å². The van der Waals surface area contributed by atoms with E-state index in [-0.39, 0.29) is 27.9 Å². The number of benzene rings is 1. The van der Waals surface area contributed by atoms with Crippen molar-refractivity contribution in [2.24, 2.45) is 0 Å². The maximum atomic E-state index is 12.9. The standard InChI is InChI=1S/C22H27N3O3S/c1-6-24(7-2)14-10-11-15(13(5)12-14)16-18(26)17(19(16)27)20-21(28)23-22(29-20)25(8-3)9-4/h10-12H,6-9H2,1-5H3,(H,26,27)/p+1. The molecule has 1 aliphatic heterocycles. The average Bonchev–Trinajstić information content (AvgIpc) is 3.06. The summed E-state index contributed by atoms with van der Waals surface area (Å²) in [6, 6.07) is 5.88. The Kier molecular flexibility index (Phi) is 6.17. The Labute approximate surface area is 176 Å². The summed E-state index contributed by atoms with van der Waals surface area (Å²) in [5.41, 5.74) is 3.14. The molecule has 0 bridgehead atoms. The molecule has 7 heteroatoms. The van der Waals surface area contributed by atoms with Crippen LogP contribution in [0, 0.1) is 6.92 Å². The molecule has 0 atom stereocenters. The Morgan fingerprint density at radius 2 is 1.72 bits per heavy atom. The minimum absolute atomic E-state index is 0.0906. The first kappa shape index (κ1) is 21.2. The number of carbonyl (C=O) groups excluding carboxylic acids is 2. The van der Waals surface area contributed by atoms with E-state index in [1.807, 2.05) is 43.5 Å². The Morgan fingerprint density at radius 3 is 2.24 bits per heavy atom. The summed E-state index contributed by atoms with van der Waals surface area (Å²) in [6.07, 6.45) is 0. The van der Waals surface area contributed by atoms with E-state index in [0.29, 0.717) is 16.3 Å². The van der Waals surface area contributed by atoms with Gasteiger partial charge in [-0.3, -0.25) is 9.37 Å². The molecule has 6 nitrogen and oxygen atoms in total. The van der Waals surface area contributed by atoms with Crippen LogP contribution in [0.25, 0.3) is 5.57 Å². The highest BCUT2D eigenvalue weighted by atomic mass is 32.2. The number of rotatable bonds is 6. The molecule has 154 valence electrons. The minimum Gasteiger partial charge on any atom is -0.506 e. The molecule has 29 heavy (non-hydrogen) atoms. The number of aryl methyl sites for hydroxylation is 1. The zero-order valence-corrected chi connectivity index (χ0v) is 18.4. The van der Waals surface area contributed by atoms with Crippen LogP contribution in [-0.2, 0) is 9.59 Å². The van der Waals surface area contributed by atoms with Gasteiger partial charge >= 0.3 is 11.1 Å². The van der Waals surface area contributed by atoms with Gasteiger partial charge in [0.1, 0.15) is 10.7 Å². The van der Waals surface area contributed by atoms with Gasteiger partial charge in [0.15, 0.2) is 0 Å². The van der Waals surface area contributed by atoms with Gasteiger partial charge < -0.3 is 10.0 Å². The van der Waals surface area contributed by atoms with Crippen molar-refractivity contribution >= 4 is 39.9 Å².